The van der Waals surface area contributed by atoms with Crippen molar-refractivity contribution in [2.24, 2.45) is 0 Å². The van der Waals surface area contributed by atoms with E-state index >= 15 is 0 Å². The van der Waals surface area contributed by atoms with Crippen LogP contribution in [-0.2, 0) is 11.3 Å². The van der Waals surface area contributed by atoms with Gasteiger partial charge in [-0.15, -0.1) is 0 Å². The monoisotopic (exact) mass is 296 g/mol. The molecule has 0 bridgehead atoms. The fraction of sp³-hybridized carbons (Fsp3) is 0.250. The van der Waals surface area contributed by atoms with Gasteiger partial charge in [-0.3, -0.25) is 9.89 Å². The van der Waals surface area contributed by atoms with E-state index in [0.717, 1.165) is 5.56 Å². The highest BCUT2D eigenvalue weighted by Gasteiger charge is 2.15. The average molecular weight is 297 g/mol. The summed E-state index contributed by atoms with van der Waals surface area (Å²) in [4.78, 5) is 15.9. The second kappa shape index (κ2) is 6.58. The quantitative estimate of drug-likeness (QED) is 0.830. The van der Waals surface area contributed by atoms with Gasteiger partial charge in [0.05, 0.1) is 5.25 Å². The lowest BCUT2D eigenvalue weighted by Crippen LogP contribution is -2.30. The highest BCUT2D eigenvalue weighted by atomic mass is 35.5. The Kier molecular flexibility index (Phi) is 4.81. The van der Waals surface area contributed by atoms with Crippen molar-refractivity contribution in [3.8, 4) is 0 Å². The number of nitrogens with zero attached hydrogens (tertiary/aromatic N) is 2. The molecule has 100 valence electrons. The maximum atomic E-state index is 11.9. The molecule has 0 saturated heterocycles. The van der Waals surface area contributed by atoms with E-state index in [1.807, 2.05) is 19.1 Å². The van der Waals surface area contributed by atoms with Gasteiger partial charge in [-0.2, -0.15) is 5.10 Å². The van der Waals surface area contributed by atoms with Crippen molar-refractivity contribution in [2.45, 2.75) is 23.9 Å². The normalized spacial score (nSPS) is 12.1. The number of nitrogens with one attached hydrogen (secondary N) is 2. The average Bonchev–Trinajstić information content (AvgIpc) is 2.90. The summed E-state index contributed by atoms with van der Waals surface area (Å²) in [6.07, 6.45) is 1.42. The number of carbonyl (C=O) groups excluding carboxylic acids is 1. The number of benzene rings is 1. The lowest BCUT2D eigenvalue weighted by atomic mass is 10.2. The first-order valence-electron chi connectivity index (χ1n) is 5.69. The van der Waals surface area contributed by atoms with Gasteiger partial charge >= 0.3 is 0 Å². The summed E-state index contributed by atoms with van der Waals surface area (Å²) in [5.41, 5.74) is 1.01. The molecule has 2 rings (SSSR count). The molecular weight excluding hydrogens is 284 g/mol. The van der Waals surface area contributed by atoms with Crippen LogP contribution in [0.25, 0.3) is 0 Å². The molecule has 0 radical (unpaired) electrons. The summed E-state index contributed by atoms with van der Waals surface area (Å²) in [5.74, 6) is -0.0450. The molecule has 1 atom stereocenters. The second-order valence-corrected chi connectivity index (χ2v) is 5.66. The van der Waals surface area contributed by atoms with Crippen molar-refractivity contribution in [1.29, 1.82) is 0 Å². The zero-order chi connectivity index (χ0) is 13.7. The molecule has 1 aromatic carbocycles. The summed E-state index contributed by atoms with van der Waals surface area (Å²) < 4.78 is 0. The first-order chi connectivity index (χ1) is 9.15. The van der Waals surface area contributed by atoms with Crippen molar-refractivity contribution in [3.05, 3.63) is 41.2 Å². The first-order valence-corrected chi connectivity index (χ1v) is 6.95. The Bertz CT molecular complexity index is 529. The minimum absolute atomic E-state index is 0.0450. The van der Waals surface area contributed by atoms with Gasteiger partial charge in [0.2, 0.25) is 5.91 Å². The van der Waals surface area contributed by atoms with Crippen molar-refractivity contribution in [1.82, 2.24) is 20.5 Å². The van der Waals surface area contributed by atoms with Crippen LogP contribution in [0.15, 0.2) is 35.7 Å². The smallest absolute Gasteiger partial charge is 0.233 e. The minimum atomic E-state index is -0.236. The number of carbonyl (C=O) groups is 1. The lowest BCUT2D eigenvalue weighted by Gasteiger charge is -2.10. The summed E-state index contributed by atoms with van der Waals surface area (Å²) in [6, 6.07) is 7.37. The topological polar surface area (TPSA) is 70.7 Å². The van der Waals surface area contributed by atoms with E-state index < -0.39 is 0 Å². The van der Waals surface area contributed by atoms with E-state index in [1.165, 1.54) is 18.1 Å². The van der Waals surface area contributed by atoms with Crippen LogP contribution in [0.3, 0.4) is 0 Å². The number of halogens is 1. The molecule has 1 amide bonds. The largest absolute Gasteiger partial charge is 0.351 e. The molecule has 19 heavy (non-hydrogen) atoms. The molecule has 0 aliphatic rings. The predicted molar refractivity (Wildman–Crippen MR) is 75.0 cm³/mol. The zero-order valence-electron chi connectivity index (χ0n) is 10.3. The van der Waals surface area contributed by atoms with Gasteiger partial charge in [0.15, 0.2) is 5.16 Å². The van der Waals surface area contributed by atoms with Crippen LogP contribution in [0, 0.1) is 0 Å². The van der Waals surface area contributed by atoms with Crippen molar-refractivity contribution < 1.29 is 4.79 Å². The first kappa shape index (κ1) is 13.9. The number of aromatic amines is 1. The molecule has 0 aliphatic carbocycles. The second-order valence-electron chi connectivity index (χ2n) is 3.89. The number of hydrogen-bond acceptors (Lipinski definition) is 4. The van der Waals surface area contributed by atoms with E-state index in [1.54, 1.807) is 12.1 Å². The van der Waals surface area contributed by atoms with Gasteiger partial charge in [0.25, 0.3) is 0 Å². The highest BCUT2D eigenvalue weighted by Crippen LogP contribution is 2.18. The summed E-state index contributed by atoms with van der Waals surface area (Å²) in [7, 11) is 0. The molecule has 2 aromatic rings. The molecule has 0 spiro atoms. The SMILES string of the molecule is CC(Sc1ncn[nH]1)C(=O)NCc1ccc(Cl)cc1. The van der Waals surface area contributed by atoms with Gasteiger partial charge in [0.1, 0.15) is 6.33 Å². The summed E-state index contributed by atoms with van der Waals surface area (Å²) >= 11 is 7.13. The summed E-state index contributed by atoms with van der Waals surface area (Å²) in [6.45, 7) is 2.31. The van der Waals surface area contributed by atoms with Gasteiger partial charge in [-0.1, -0.05) is 35.5 Å². The zero-order valence-corrected chi connectivity index (χ0v) is 11.8. The van der Waals surface area contributed by atoms with E-state index in [0.29, 0.717) is 16.7 Å². The van der Waals surface area contributed by atoms with Crippen LogP contribution < -0.4 is 5.32 Å². The van der Waals surface area contributed by atoms with Crippen molar-refractivity contribution >= 4 is 29.3 Å². The molecule has 2 N–H and O–H groups in total. The molecular formula is C12H13ClN4OS. The van der Waals surface area contributed by atoms with E-state index in [2.05, 4.69) is 20.5 Å². The number of H-pyrrole nitrogens is 1. The Morgan fingerprint density at radius 2 is 2.21 bits per heavy atom. The van der Waals surface area contributed by atoms with Gasteiger partial charge < -0.3 is 5.32 Å². The number of hydrogen-bond donors (Lipinski definition) is 2. The number of amides is 1. The van der Waals surface area contributed by atoms with Crippen LogP contribution in [0.5, 0.6) is 0 Å². The maximum absolute atomic E-state index is 11.9. The van der Waals surface area contributed by atoms with Crippen molar-refractivity contribution in [2.75, 3.05) is 0 Å². The third kappa shape index (κ3) is 4.25. The fourth-order valence-corrected chi connectivity index (χ4v) is 2.27. The molecule has 0 fully saturated rings. The van der Waals surface area contributed by atoms with Crippen molar-refractivity contribution in [3.63, 3.8) is 0 Å². The molecule has 5 nitrogen and oxygen atoms in total. The highest BCUT2D eigenvalue weighted by molar-refractivity contribution is 8.00. The molecule has 1 aromatic heterocycles. The Morgan fingerprint density at radius 3 is 2.84 bits per heavy atom. The van der Waals surface area contributed by atoms with Crippen LogP contribution in [0.1, 0.15) is 12.5 Å². The van der Waals surface area contributed by atoms with Crippen LogP contribution in [-0.4, -0.2) is 26.3 Å². The Hall–Kier alpha value is -1.53. The third-order valence-electron chi connectivity index (χ3n) is 2.43. The number of aromatic nitrogens is 3. The number of rotatable bonds is 5. The minimum Gasteiger partial charge on any atom is -0.351 e. The Labute approximate surface area is 120 Å². The van der Waals surface area contributed by atoms with Crippen LogP contribution >= 0.6 is 23.4 Å². The van der Waals surface area contributed by atoms with Crippen LogP contribution in [0.4, 0.5) is 0 Å². The molecule has 0 saturated carbocycles. The van der Waals surface area contributed by atoms with E-state index in [9.17, 15) is 4.79 Å². The van der Waals surface area contributed by atoms with Gasteiger partial charge in [0, 0.05) is 11.6 Å². The summed E-state index contributed by atoms with van der Waals surface area (Å²) in [5, 5.41) is 10.4. The molecule has 0 aliphatic heterocycles. The Balaban J connectivity index is 1.82. The number of thioether (sulfide) groups is 1. The molecule has 1 heterocycles. The van der Waals surface area contributed by atoms with Gasteiger partial charge in [-0.05, 0) is 24.6 Å². The molecule has 1 unspecified atom stereocenters. The fourth-order valence-electron chi connectivity index (χ4n) is 1.41. The van der Waals surface area contributed by atoms with E-state index in [-0.39, 0.29) is 11.2 Å². The lowest BCUT2D eigenvalue weighted by molar-refractivity contribution is -0.120. The predicted octanol–water partition coefficient (Wildman–Crippen LogP) is 2.26. The Morgan fingerprint density at radius 1 is 1.47 bits per heavy atom. The van der Waals surface area contributed by atoms with E-state index in [4.69, 9.17) is 11.6 Å². The van der Waals surface area contributed by atoms with Crippen LogP contribution in [0.2, 0.25) is 5.02 Å². The standard InChI is InChI=1S/C12H13ClN4OS/c1-8(19-12-15-7-16-17-12)11(18)14-6-9-2-4-10(13)5-3-9/h2-5,7-8H,6H2,1H3,(H,14,18)(H,15,16,17). The molecule has 7 heteroatoms. The van der Waals surface area contributed by atoms with Gasteiger partial charge in [-0.25, -0.2) is 4.98 Å². The maximum Gasteiger partial charge on any atom is 0.233 e. The third-order valence-corrected chi connectivity index (χ3v) is 3.67.